The van der Waals surface area contributed by atoms with Gasteiger partial charge in [0, 0.05) is 45.0 Å². The molecule has 0 bridgehead atoms. The lowest BCUT2D eigenvalue weighted by Crippen LogP contribution is -2.49. The second kappa shape index (κ2) is 8.89. The monoisotopic (exact) mass is 451 g/mol. The first-order chi connectivity index (χ1) is 14.9. The van der Waals surface area contributed by atoms with Crippen LogP contribution in [0.25, 0.3) is 0 Å². The number of sulfonamides is 1. The number of nitrogens with zero attached hydrogens (tertiary/aromatic N) is 3. The van der Waals surface area contributed by atoms with Gasteiger partial charge < -0.3 is 14.5 Å². The molecule has 2 heterocycles. The van der Waals surface area contributed by atoms with Gasteiger partial charge in [0.15, 0.2) is 0 Å². The van der Waals surface area contributed by atoms with E-state index in [0.29, 0.717) is 39.4 Å². The molecule has 0 aromatic heterocycles. The molecule has 7 nitrogen and oxygen atoms in total. The van der Waals surface area contributed by atoms with Gasteiger partial charge in [-0.3, -0.25) is 4.79 Å². The zero-order chi connectivity index (χ0) is 22.0. The maximum absolute atomic E-state index is 14.5. The van der Waals surface area contributed by atoms with E-state index in [1.165, 1.54) is 27.4 Å². The molecule has 2 fully saturated rings. The molecule has 0 radical (unpaired) electrons. The number of halogens is 2. The Labute approximate surface area is 179 Å². The van der Waals surface area contributed by atoms with Gasteiger partial charge in [-0.25, -0.2) is 17.2 Å². The number of carbonyl (C=O) groups is 1. The van der Waals surface area contributed by atoms with Gasteiger partial charge in [-0.2, -0.15) is 4.31 Å². The summed E-state index contributed by atoms with van der Waals surface area (Å²) >= 11 is 0. The van der Waals surface area contributed by atoms with Crippen LogP contribution in [0.1, 0.15) is 10.4 Å². The van der Waals surface area contributed by atoms with E-state index in [0.717, 1.165) is 17.8 Å². The molecule has 4 rings (SSSR count). The number of hydrogen-bond acceptors (Lipinski definition) is 5. The van der Waals surface area contributed by atoms with Crippen molar-refractivity contribution in [2.75, 3.05) is 57.4 Å². The normalized spacial score (nSPS) is 18.3. The average Bonchev–Trinajstić information content (AvgIpc) is 2.80. The van der Waals surface area contributed by atoms with Crippen molar-refractivity contribution in [3.63, 3.8) is 0 Å². The first-order valence-corrected chi connectivity index (χ1v) is 11.5. The zero-order valence-corrected chi connectivity index (χ0v) is 17.7. The fraction of sp³-hybridized carbons (Fsp3) is 0.381. The third kappa shape index (κ3) is 4.56. The van der Waals surface area contributed by atoms with Gasteiger partial charge in [-0.05, 0) is 42.5 Å². The molecule has 31 heavy (non-hydrogen) atoms. The lowest BCUT2D eigenvalue weighted by Gasteiger charge is -2.36. The van der Waals surface area contributed by atoms with Crippen LogP contribution in [0.5, 0.6) is 0 Å². The highest BCUT2D eigenvalue weighted by Gasteiger charge is 2.30. The first kappa shape index (κ1) is 21.7. The second-order valence-electron chi connectivity index (χ2n) is 7.41. The van der Waals surface area contributed by atoms with Gasteiger partial charge in [0.2, 0.25) is 10.0 Å². The fourth-order valence-corrected chi connectivity index (χ4v) is 5.19. The molecule has 0 unspecified atom stereocenters. The summed E-state index contributed by atoms with van der Waals surface area (Å²) < 4.78 is 59.8. The second-order valence-corrected chi connectivity index (χ2v) is 9.35. The van der Waals surface area contributed by atoms with E-state index in [4.69, 9.17) is 4.74 Å². The number of rotatable bonds is 4. The first-order valence-electron chi connectivity index (χ1n) is 10.0. The van der Waals surface area contributed by atoms with Crippen LogP contribution in [0.2, 0.25) is 0 Å². The van der Waals surface area contributed by atoms with Crippen LogP contribution in [0.4, 0.5) is 14.5 Å². The van der Waals surface area contributed by atoms with Crippen LogP contribution >= 0.6 is 0 Å². The minimum Gasteiger partial charge on any atom is -0.379 e. The summed E-state index contributed by atoms with van der Waals surface area (Å²) in [6.07, 6.45) is 0. The van der Waals surface area contributed by atoms with E-state index >= 15 is 0 Å². The summed E-state index contributed by atoms with van der Waals surface area (Å²) in [5.74, 6) is -1.62. The Hall–Kier alpha value is -2.56. The van der Waals surface area contributed by atoms with Crippen LogP contribution in [0.15, 0.2) is 47.4 Å². The van der Waals surface area contributed by atoms with Gasteiger partial charge >= 0.3 is 0 Å². The number of ether oxygens (including phenoxy) is 1. The number of carbonyl (C=O) groups excluding carboxylic acids is 1. The van der Waals surface area contributed by atoms with Crippen LogP contribution < -0.4 is 4.90 Å². The van der Waals surface area contributed by atoms with Crippen molar-refractivity contribution in [3.8, 4) is 0 Å². The van der Waals surface area contributed by atoms with Crippen molar-refractivity contribution >= 4 is 21.6 Å². The van der Waals surface area contributed by atoms with Gasteiger partial charge in [0.1, 0.15) is 11.6 Å². The third-order valence-corrected chi connectivity index (χ3v) is 7.43. The molecule has 2 aromatic carbocycles. The average molecular weight is 451 g/mol. The van der Waals surface area contributed by atoms with Gasteiger partial charge in [0.25, 0.3) is 5.91 Å². The molecule has 0 spiro atoms. The lowest BCUT2D eigenvalue weighted by atomic mass is 10.1. The predicted octanol–water partition coefficient (Wildman–Crippen LogP) is 1.95. The van der Waals surface area contributed by atoms with Crippen molar-refractivity contribution in [2.24, 2.45) is 0 Å². The maximum Gasteiger partial charge on any atom is 0.256 e. The molecular formula is C21H23F2N3O4S. The molecule has 10 heteroatoms. The topological polar surface area (TPSA) is 70.2 Å². The Morgan fingerprint density at radius 2 is 1.52 bits per heavy atom. The molecule has 0 N–H and O–H groups in total. The molecule has 166 valence electrons. The van der Waals surface area contributed by atoms with Crippen LogP contribution in [-0.4, -0.2) is 76.0 Å². The number of benzene rings is 2. The van der Waals surface area contributed by atoms with Crippen molar-refractivity contribution in [1.82, 2.24) is 9.21 Å². The Balaban J connectivity index is 1.48. The highest BCUT2D eigenvalue weighted by molar-refractivity contribution is 7.89. The maximum atomic E-state index is 14.5. The molecule has 0 atom stereocenters. The Kier molecular flexibility index (Phi) is 6.22. The van der Waals surface area contributed by atoms with E-state index < -0.39 is 21.7 Å². The van der Waals surface area contributed by atoms with Gasteiger partial charge in [-0.15, -0.1) is 0 Å². The Bertz CT molecular complexity index is 1050. The molecule has 2 aromatic rings. The molecule has 0 saturated carbocycles. The van der Waals surface area contributed by atoms with E-state index in [9.17, 15) is 22.0 Å². The van der Waals surface area contributed by atoms with Crippen LogP contribution in [0.3, 0.4) is 0 Å². The summed E-state index contributed by atoms with van der Waals surface area (Å²) in [5, 5.41) is 0. The van der Waals surface area contributed by atoms with Crippen molar-refractivity contribution in [3.05, 3.63) is 59.7 Å². The fourth-order valence-electron chi connectivity index (χ4n) is 3.75. The standard InChI is InChI=1S/C21H23F2N3O4S/c22-16-1-3-17(4-2-16)24-7-9-25(10-8-24)21(27)19-15-18(5-6-20(19)23)31(28,29)26-11-13-30-14-12-26/h1-6,15H,7-14H2. The predicted molar refractivity (Wildman–Crippen MR) is 110 cm³/mol. The molecule has 2 aliphatic rings. The molecule has 2 aliphatic heterocycles. The lowest BCUT2D eigenvalue weighted by molar-refractivity contribution is 0.0728. The molecule has 1 amide bonds. The molecule has 0 aliphatic carbocycles. The minimum atomic E-state index is -3.84. The smallest absolute Gasteiger partial charge is 0.256 e. The highest BCUT2D eigenvalue weighted by Crippen LogP contribution is 2.23. The number of piperazine rings is 1. The highest BCUT2D eigenvalue weighted by atomic mass is 32.2. The van der Waals surface area contributed by atoms with Gasteiger partial charge in [0.05, 0.1) is 23.7 Å². The zero-order valence-electron chi connectivity index (χ0n) is 16.8. The van der Waals surface area contributed by atoms with E-state index in [1.54, 1.807) is 12.1 Å². The summed E-state index contributed by atoms with van der Waals surface area (Å²) in [6.45, 7) is 2.72. The van der Waals surface area contributed by atoms with E-state index in [-0.39, 0.29) is 29.4 Å². The van der Waals surface area contributed by atoms with Crippen LogP contribution in [0, 0.1) is 11.6 Å². The van der Waals surface area contributed by atoms with Gasteiger partial charge in [-0.1, -0.05) is 0 Å². The number of amides is 1. The SMILES string of the molecule is O=C(c1cc(S(=O)(=O)N2CCOCC2)ccc1F)N1CCN(c2ccc(F)cc2)CC1. The van der Waals surface area contributed by atoms with Crippen molar-refractivity contribution in [2.45, 2.75) is 4.90 Å². The minimum absolute atomic E-state index is 0.107. The molecular weight excluding hydrogens is 428 g/mol. The van der Waals surface area contributed by atoms with Crippen LogP contribution in [-0.2, 0) is 14.8 Å². The summed E-state index contributed by atoms with van der Waals surface area (Å²) in [7, 11) is -3.84. The van der Waals surface area contributed by atoms with E-state index in [1.807, 2.05) is 4.90 Å². The summed E-state index contributed by atoms with van der Waals surface area (Å²) in [4.78, 5) is 16.4. The molecule has 2 saturated heterocycles. The van der Waals surface area contributed by atoms with Crippen molar-refractivity contribution in [1.29, 1.82) is 0 Å². The number of hydrogen-bond donors (Lipinski definition) is 0. The van der Waals surface area contributed by atoms with E-state index in [2.05, 4.69) is 0 Å². The van der Waals surface area contributed by atoms with Crippen molar-refractivity contribution < 1.29 is 26.7 Å². The number of morpholine rings is 1. The number of anilines is 1. The quantitative estimate of drug-likeness (QED) is 0.711. The Morgan fingerprint density at radius 3 is 2.16 bits per heavy atom. The third-order valence-electron chi connectivity index (χ3n) is 5.53. The largest absolute Gasteiger partial charge is 0.379 e. The Morgan fingerprint density at radius 1 is 0.871 bits per heavy atom. The summed E-state index contributed by atoms with van der Waals surface area (Å²) in [5.41, 5.74) is 0.586. The summed E-state index contributed by atoms with van der Waals surface area (Å²) in [6, 6.07) is 9.43.